The Hall–Kier alpha value is -0.0800. The average Bonchev–Trinajstić information content (AvgIpc) is 2.85. The largest absolute Gasteiger partial charge is 0.392 e. The second-order valence-electron chi connectivity index (χ2n) is 5.53. The molecule has 0 aromatic heterocycles. The summed E-state index contributed by atoms with van der Waals surface area (Å²) in [6, 6.07) is 0.668. The Morgan fingerprint density at radius 1 is 1.13 bits per heavy atom. The molecule has 88 valence electrons. The van der Waals surface area contributed by atoms with Gasteiger partial charge >= 0.3 is 0 Å². The first-order valence-corrected chi connectivity index (χ1v) is 6.69. The van der Waals surface area contributed by atoms with Gasteiger partial charge in [-0.05, 0) is 37.5 Å². The van der Waals surface area contributed by atoms with E-state index in [-0.39, 0.29) is 6.10 Å². The van der Waals surface area contributed by atoms with E-state index in [4.69, 9.17) is 0 Å². The lowest BCUT2D eigenvalue weighted by molar-refractivity contribution is 0.104. The van der Waals surface area contributed by atoms with Crippen molar-refractivity contribution in [2.45, 2.75) is 64.0 Å². The second kappa shape index (κ2) is 5.31. The third-order valence-electron chi connectivity index (χ3n) is 4.39. The van der Waals surface area contributed by atoms with Crippen LogP contribution in [-0.4, -0.2) is 23.8 Å². The van der Waals surface area contributed by atoms with Crippen LogP contribution in [-0.2, 0) is 0 Å². The first-order valence-electron chi connectivity index (χ1n) is 6.69. The van der Waals surface area contributed by atoms with Gasteiger partial charge in [0, 0.05) is 12.6 Å². The van der Waals surface area contributed by atoms with Crippen molar-refractivity contribution in [1.82, 2.24) is 5.32 Å². The minimum atomic E-state index is -0.0969. The monoisotopic (exact) mass is 211 g/mol. The molecule has 2 N–H and O–H groups in total. The molecular formula is C13H25NO. The lowest BCUT2D eigenvalue weighted by Crippen LogP contribution is -2.39. The van der Waals surface area contributed by atoms with Gasteiger partial charge in [0.25, 0.3) is 0 Å². The second-order valence-corrected chi connectivity index (χ2v) is 5.53. The van der Waals surface area contributed by atoms with Crippen molar-refractivity contribution in [3.63, 3.8) is 0 Å². The standard InChI is InChI=1S/C13H25NO/c1-10-5-4-8-12(10)14-9-13(15)11-6-2-3-7-11/h10-15H,2-9H2,1H3. The van der Waals surface area contributed by atoms with E-state index >= 15 is 0 Å². The van der Waals surface area contributed by atoms with Crippen LogP contribution >= 0.6 is 0 Å². The molecule has 0 aromatic carbocycles. The molecular weight excluding hydrogens is 186 g/mol. The minimum Gasteiger partial charge on any atom is -0.392 e. The van der Waals surface area contributed by atoms with E-state index in [9.17, 15) is 5.11 Å². The van der Waals surface area contributed by atoms with Crippen LogP contribution in [0.3, 0.4) is 0 Å². The van der Waals surface area contributed by atoms with Gasteiger partial charge in [-0.3, -0.25) is 0 Å². The zero-order valence-corrected chi connectivity index (χ0v) is 9.91. The number of hydrogen-bond acceptors (Lipinski definition) is 2. The highest BCUT2D eigenvalue weighted by atomic mass is 16.3. The Bertz CT molecular complexity index is 189. The summed E-state index contributed by atoms with van der Waals surface area (Å²) in [4.78, 5) is 0. The van der Waals surface area contributed by atoms with E-state index in [1.165, 1.54) is 44.9 Å². The summed E-state index contributed by atoms with van der Waals surface area (Å²) in [6.45, 7) is 3.15. The van der Waals surface area contributed by atoms with Crippen LogP contribution in [0.2, 0.25) is 0 Å². The van der Waals surface area contributed by atoms with Crippen molar-refractivity contribution in [2.24, 2.45) is 11.8 Å². The van der Waals surface area contributed by atoms with E-state index in [2.05, 4.69) is 12.2 Å². The van der Waals surface area contributed by atoms with Gasteiger partial charge in [0.2, 0.25) is 0 Å². The Labute approximate surface area is 93.5 Å². The highest BCUT2D eigenvalue weighted by Gasteiger charge is 2.26. The third kappa shape index (κ3) is 2.94. The molecule has 2 nitrogen and oxygen atoms in total. The van der Waals surface area contributed by atoms with Crippen molar-refractivity contribution in [1.29, 1.82) is 0 Å². The van der Waals surface area contributed by atoms with Gasteiger partial charge in [0.05, 0.1) is 6.10 Å². The Kier molecular flexibility index (Phi) is 4.04. The predicted molar refractivity (Wildman–Crippen MR) is 62.8 cm³/mol. The number of rotatable bonds is 4. The molecule has 2 rings (SSSR count). The van der Waals surface area contributed by atoms with E-state index in [1.54, 1.807) is 0 Å². The molecule has 2 aliphatic carbocycles. The molecule has 2 fully saturated rings. The topological polar surface area (TPSA) is 32.3 Å². The normalized spacial score (nSPS) is 34.8. The summed E-state index contributed by atoms with van der Waals surface area (Å²) < 4.78 is 0. The predicted octanol–water partition coefficient (Wildman–Crippen LogP) is 2.32. The summed E-state index contributed by atoms with van der Waals surface area (Å²) in [5, 5.41) is 13.6. The van der Waals surface area contributed by atoms with Gasteiger partial charge in [-0.1, -0.05) is 26.2 Å². The summed E-state index contributed by atoms with van der Waals surface area (Å²) in [5.41, 5.74) is 0. The zero-order chi connectivity index (χ0) is 10.7. The average molecular weight is 211 g/mol. The molecule has 0 aromatic rings. The highest BCUT2D eigenvalue weighted by molar-refractivity contribution is 4.83. The van der Waals surface area contributed by atoms with Crippen molar-refractivity contribution in [2.75, 3.05) is 6.54 Å². The van der Waals surface area contributed by atoms with Crippen LogP contribution in [0.1, 0.15) is 51.9 Å². The molecule has 0 spiro atoms. The molecule has 0 bridgehead atoms. The quantitative estimate of drug-likeness (QED) is 0.748. The maximum absolute atomic E-state index is 10.0. The molecule has 0 aliphatic heterocycles. The van der Waals surface area contributed by atoms with E-state index < -0.39 is 0 Å². The Balaban J connectivity index is 1.67. The number of aliphatic hydroxyl groups is 1. The van der Waals surface area contributed by atoms with Crippen molar-refractivity contribution >= 4 is 0 Å². The van der Waals surface area contributed by atoms with E-state index in [0.717, 1.165) is 12.5 Å². The fraction of sp³-hybridized carbons (Fsp3) is 1.00. The Morgan fingerprint density at radius 2 is 1.87 bits per heavy atom. The molecule has 2 heteroatoms. The molecule has 0 saturated heterocycles. The van der Waals surface area contributed by atoms with Gasteiger partial charge in [-0.15, -0.1) is 0 Å². The molecule has 2 saturated carbocycles. The van der Waals surface area contributed by atoms with Crippen LogP contribution < -0.4 is 5.32 Å². The van der Waals surface area contributed by atoms with Crippen LogP contribution in [0.25, 0.3) is 0 Å². The summed E-state index contributed by atoms with van der Waals surface area (Å²) in [7, 11) is 0. The fourth-order valence-corrected chi connectivity index (χ4v) is 3.23. The number of hydrogen-bond donors (Lipinski definition) is 2. The minimum absolute atomic E-state index is 0.0969. The third-order valence-corrected chi connectivity index (χ3v) is 4.39. The number of aliphatic hydroxyl groups excluding tert-OH is 1. The van der Waals surface area contributed by atoms with Crippen molar-refractivity contribution in [3.8, 4) is 0 Å². The molecule has 15 heavy (non-hydrogen) atoms. The van der Waals surface area contributed by atoms with Gasteiger partial charge in [0.1, 0.15) is 0 Å². The first kappa shape index (κ1) is 11.4. The maximum Gasteiger partial charge on any atom is 0.0692 e. The van der Waals surface area contributed by atoms with E-state index in [1.807, 2.05) is 0 Å². The lowest BCUT2D eigenvalue weighted by atomic mass is 10.00. The van der Waals surface area contributed by atoms with Crippen LogP contribution in [0.15, 0.2) is 0 Å². The van der Waals surface area contributed by atoms with Gasteiger partial charge in [-0.25, -0.2) is 0 Å². The zero-order valence-electron chi connectivity index (χ0n) is 9.91. The molecule has 3 unspecified atom stereocenters. The smallest absolute Gasteiger partial charge is 0.0692 e. The van der Waals surface area contributed by atoms with Crippen molar-refractivity contribution in [3.05, 3.63) is 0 Å². The summed E-state index contributed by atoms with van der Waals surface area (Å²) in [5.74, 6) is 1.38. The van der Waals surface area contributed by atoms with E-state index in [0.29, 0.717) is 12.0 Å². The van der Waals surface area contributed by atoms with Crippen LogP contribution in [0.5, 0.6) is 0 Å². The van der Waals surface area contributed by atoms with Gasteiger partial charge in [0.15, 0.2) is 0 Å². The molecule has 3 atom stereocenters. The molecule has 0 heterocycles. The molecule has 0 radical (unpaired) electrons. The SMILES string of the molecule is CC1CCCC1NCC(O)C1CCCC1. The maximum atomic E-state index is 10.0. The van der Waals surface area contributed by atoms with Gasteiger partial charge < -0.3 is 10.4 Å². The summed E-state index contributed by atoms with van der Waals surface area (Å²) in [6.07, 6.45) is 9.05. The lowest BCUT2D eigenvalue weighted by Gasteiger charge is -2.23. The molecule has 0 amide bonds. The van der Waals surface area contributed by atoms with Crippen LogP contribution in [0.4, 0.5) is 0 Å². The highest BCUT2D eigenvalue weighted by Crippen LogP contribution is 2.28. The molecule has 2 aliphatic rings. The summed E-state index contributed by atoms with van der Waals surface area (Å²) >= 11 is 0. The first-order chi connectivity index (χ1) is 7.27. The number of nitrogens with one attached hydrogen (secondary N) is 1. The van der Waals surface area contributed by atoms with Crippen LogP contribution in [0, 0.1) is 11.8 Å². The van der Waals surface area contributed by atoms with Crippen molar-refractivity contribution < 1.29 is 5.11 Å². The van der Waals surface area contributed by atoms with Gasteiger partial charge in [-0.2, -0.15) is 0 Å². The Morgan fingerprint density at radius 3 is 2.47 bits per heavy atom. The fourth-order valence-electron chi connectivity index (χ4n) is 3.23.